The fraction of sp³-hybridized carbons (Fsp3) is 0.444. The molecule has 2 heterocycles. The summed E-state index contributed by atoms with van der Waals surface area (Å²) in [6.07, 6.45) is -3.49. The molecule has 0 aliphatic carbocycles. The van der Waals surface area contributed by atoms with Crippen molar-refractivity contribution < 1.29 is 37.4 Å². The first-order chi connectivity index (χ1) is 14.9. The minimum Gasteiger partial charge on any atom is -0.456 e. The van der Waals surface area contributed by atoms with Crippen LogP contribution in [0.25, 0.3) is 11.0 Å². The molecule has 1 aliphatic rings. The van der Waals surface area contributed by atoms with Gasteiger partial charge in [0.2, 0.25) is 0 Å². The van der Waals surface area contributed by atoms with Gasteiger partial charge in [0.15, 0.2) is 24.5 Å². The molecular formula is C18H19ClN2O7. The van der Waals surface area contributed by atoms with Crippen molar-refractivity contribution in [2.24, 2.45) is 0 Å². The zero-order valence-corrected chi connectivity index (χ0v) is 15.3. The van der Waals surface area contributed by atoms with E-state index in [4.69, 9.17) is 34.7 Å². The van der Waals surface area contributed by atoms with Crippen LogP contribution in [-0.4, -0.2) is 52.4 Å². The minimum atomic E-state index is -1.33. The maximum absolute atomic E-state index is 12.0. The second-order valence-corrected chi connectivity index (χ2v) is 6.38. The number of nitrogens with zero attached hydrogens (tertiary/aromatic N) is 2. The number of carbonyl (C=O) groups excluding carboxylic acids is 3. The van der Waals surface area contributed by atoms with Gasteiger partial charge in [0.05, 0.1) is 24.0 Å². The van der Waals surface area contributed by atoms with Gasteiger partial charge in [0.1, 0.15) is 0 Å². The van der Waals surface area contributed by atoms with Crippen molar-refractivity contribution in [1.29, 1.82) is 0 Å². The number of hydrogen-bond acceptors (Lipinski definition) is 8. The van der Waals surface area contributed by atoms with Gasteiger partial charge in [0.25, 0.3) is 0 Å². The normalized spacial score (nSPS) is 26.0. The highest BCUT2D eigenvalue weighted by molar-refractivity contribution is 6.31. The lowest BCUT2D eigenvalue weighted by Crippen LogP contribution is -2.55. The molecule has 0 spiro atoms. The summed E-state index contributed by atoms with van der Waals surface area (Å²) in [7, 11) is 0. The summed E-state index contributed by atoms with van der Waals surface area (Å²) in [4.78, 5) is 39.8. The molecule has 150 valence electrons. The van der Waals surface area contributed by atoms with Gasteiger partial charge in [-0.1, -0.05) is 11.6 Å². The molecule has 1 aromatic carbocycles. The van der Waals surface area contributed by atoms with Crippen molar-refractivity contribution in [3.05, 3.63) is 29.5 Å². The monoisotopic (exact) mass is 413 g/mol. The molecule has 3 rings (SSSR count). The van der Waals surface area contributed by atoms with Gasteiger partial charge < -0.3 is 23.5 Å². The molecule has 0 amide bonds. The molecule has 28 heavy (non-hydrogen) atoms. The summed E-state index contributed by atoms with van der Waals surface area (Å²) in [6.45, 7) is -2.36. The number of carbonyl (C=O) groups is 3. The molecule has 10 heteroatoms. The number of aromatic nitrogens is 2. The Morgan fingerprint density at radius 2 is 1.82 bits per heavy atom. The SMILES string of the molecule is [2H]CC(=O)O[C@@H]1[C@H](OC(=O)C[2H])COC(n2cnc3ccc(Cl)cc32)[C@@H]1OC(=O)C[2H]. The van der Waals surface area contributed by atoms with E-state index in [1.165, 1.54) is 10.9 Å². The number of esters is 3. The Kier molecular flexibility index (Phi) is 4.75. The number of benzene rings is 1. The molecule has 0 N–H and O–H groups in total. The third-order valence-electron chi connectivity index (χ3n) is 4.03. The van der Waals surface area contributed by atoms with Crippen LogP contribution in [0.1, 0.15) is 31.0 Å². The van der Waals surface area contributed by atoms with Crippen LogP contribution < -0.4 is 0 Å². The minimum absolute atomic E-state index is 0.248. The van der Waals surface area contributed by atoms with Crippen LogP contribution in [0.4, 0.5) is 0 Å². The van der Waals surface area contributed by atoms with Crippen molar-refractivity contribution >= 4 is 40.5 Å². The van der Waals surface area contributed by atoms with E-state index in [0.29, 0.717) is 16.1 Å². The van der Waals surface area contributed by atoms with Gasteiger partial charge >= 0.3 is 17.9 Å². The fourth-order valence-electron chi connectivity index (χ4n) is 3.04. The lowest BCUT2D eigenvalue weighted by molar-refractivity contribution is -0.239. The lowest BCUT2D eigenvalue weighted by Gasteiger charge is -2.40. The van der Waals surface area contributed by atoms with Crippen molar-refractivity contribution in [2.45, 2.75) is 45.2 Å². The van der Waals surface area contributed by atoms with Crippen LogP contribution in [0.15, 0.2) is 24.5 Å². The zero-order chi connectivity index (χ0) is 22.5. The van der Waals surface area contributed by atoms with Gasteiger partial charge in [-0.2, -0.15) is 0 Å². The molecule has 0 bridgehead atoms. The second kappa shape index (κ2) is 8.15. The van der Waals surface area contributed by atoms with E-state index in [-0.39, 0.29) is 6.61 Å². The first-order valence-corrected chi connectivity index (χ1v) is 8.45. The van der Waals surface area contributed by atoms with Crippen molar-refractivity contribution in [3.63, 3.8) is 0 Å². The Morgan fingerprint density at radius 3 is 2.54 bits per heavy atom. The molecule has 1 aromatic heterocycles. The lowest BCUT2D eigenvalue weighted by atomic mass is 10.0. The second-order valence-electron chi connectivity index (χ2n) is 5.95. The van der Waals surface area contributed by atoms with Gasteiger partial charge in [0, 0.05) is 29.8 Å². The van der Waals surface area contributed by atoms with Crippen LogP contribution in [-0.2, 0) is 33.3 Å². The Bertz CT molecular complexity index is 973. The predicted molar refractivity (Wildman–Crippen MR) is 96.4 cm³/mol. The third-order valence-corrected chi connectivity index (χ3v) is 4.27. The van der Waals surface area contributed by atoms with E-state index in [2.05, 4.69) is 4.98 Å². The summed E-state index contributed by atoms with van der Waals surface area (Å²) in [5, 5.41) is 0.421. The maximum atomic E-state index is 12.0. The fourth-order valence-corrected chi connectivity index (χ4v) is 3.21. The summed E-state index contributed by atoms with van der Waals surface area (Å²) in [5.74, 6) is -2.77. The molecule has 1 saturated heterocycles. The van der Waals surface area contributed by atoms with Crippen molar-refractivity contribution in [3.8, 4) is 0 Å². The quantitative estimate of drug-likeness (QED) is 0.553. The van der Waals surface area contributed by atoms with Gasteiger partial charge in [-0.05, 0) is 18.2 Å². The summed E-state index contributed by atoms with van der Waals surface area (Å²) in [6, 6.07) is 4.95. The summed E-state index contributed by atoms with van der Waals surface area (Å²) < 4.78 is 44.7. The molecular weight excluding hydrogens is 392 g/mol. The topological polar surface area (TPSA) is 106 Å². The van der Waals surface area contributed by atoms with Crippen LogP contribution in [0, 0.1) is 0 Å². The average Bonchev–Trinajstić information content (AvgIpc) is 3.18. The molecule has 1 unspecified atom stereocenters. The molecule has 4 atom stereocenters. The molecule has 9 nitrogen and oxygen atoms in total. The Balaban J connectivity index is 2.03. The number of hydrogen-bond donors (Lipinski definition) is 0. The number of ether oxygens (including phenoxy) is 4. The number of halogens is 1. The highest BCUT2D eigenvalue weighted by Gasteiger charge is 2.47. The van der Waals surface area contributed by atoms with Crippen LogP contribution in [0.5, 0.6) is 0 Å². The van der Waals surface area contributed by atoms with E-state index >= 15 is 0 Å². The van der Waals surface area contributed by atoms with E-state index < -0.39 is 63.1 Å². The Hall–Kier alpha value is -2.65. The van der Waals surface area contributed by atoms with E-state index in [0.717, 1.165) is 0 Å². The van der Waals surface area contributed by atoms with E-state index in [1.54, 1.807) is 18.2 Å². The smallest absolute Gasteiger partial charge is 0.303 e. The molecule has 0 radical (unpaired) electrons. The highest BCUT2D eigenvalue weighted by Crippen LogP contribution is 2.33. The highest BCUT2D eigenvalue weighted by atomic mass is 35.5. The van der Waals surface area contributed by atoms with Crippen molar-refractivity contribution in [2.75, 3.05) is 6.61 Å². The van der Waals surface area contributed by atoms with Crippen LogP contribution in [0.2, 0.25) is 5.02 Å². The van der Waals surface area contributed by atoms with Gasteiger partial charge in [-0.15, -0.1) is 0 Å². The predicted octanol–water partition coefficient (Wildman–Crippen LogP) is 2.01. The Labute approximate surface area is 169 Å². The molecule has 0 saturated carbocycles. The van der Waals surface area contributed by atoms with Crippen LogP contribution in [0.3, 0.4) is 0 Å². The van der Waals surface area contributed by atoms with Gasteiger partial charge in [-0.25, -0.2) is 4.98 Å². The maximum Gasteiger partial charge on any atom is 0.303 e. The number of fused-ring (bicyclic) bond motifs is 1. The molecule has 2 aromatic rings. The molecule has 1 aliphatic heterocycles. The Morgan fingerprint density at radius 1 is 1.14 bits per heavy atom. The number of rotatable bonds is 4. The van der Waals surface area contributed by atoms with E-state index in [1.807, 2.05) is 0 Å². The average molecular weight is 414 g/mol. The number of imidazole rings is 1. The first-order valence-electron chi connectivity index (χ1n) is 10.2. The summed E-state index contributed by atoms with van der Waals surface area (Å²) in [5.41, 5.74) is 1.11. The molecule has 1 fully saturated rings. The summed E-state index contributed by atoms with van der Waals surface area (Å²) >= 11 is 6.08. The standard InChI is InChI=1S/C18H19ClN2O7/c1-9(22)26-15-7-25-18(17(28-11(3)24)16(15)27-10(2)23)21-8-20-13-5-4-12(19)6-14(13)21/h4-6,8,15-18H,7H2,1-3H3/t15-,16-,17-,18?/m1/s1/i1D,2D,3D. The largest absolute Gasteiger partial charge is 0.456 e. The van der Waals surface area contributed by atoms with Crippen LogP contribution >= 0.6 is 11.6 Å². The first kappa shape index (κ1) is 16.3. The van der Waals surface area contributed by atoms with E-state index in [9.17, 15) is 14.4 Å². The van der Waals surface area contributed by atoms with Gasteiger partial charge in [-0.3, -0.25) is 14.4 Å². The third kappa shape index (κ3) is 4.26. The van der Waals surface area contributed by atoms with Crippen molar-refractivity contribution in [1.82, 2.24) is 9.55 Å². The zero-order valence-electron chi connectivity index (χ0n) is 17.6.